The van der Waals surface area contributed by atoms with Crippen LogP contribution in [0.5, 0.6) is 0 Å². The molecule has 1 saturated carbocycles. The van der Waals surface area contributed by atoms with Crippen molar-refractivity contribution in [2.75, 3.05) is 6.61 Å². The predicted octanol–water partition coefficient (Wildman–Crippen LogP) is 2.31. The van der Waals surface area contributed by atoms with E-state index in [2.05, 4.69) is 20.8 Å². The third kappa shape index (κ3) is 4.04. The average molecular weight is 230 g/mol. The summed E-state index contributed by atoms with van der Waals surface area (Å²) in [7, 11) is 0. The van der Waals surface area contributed by atoms with Crippen LogP contribution in [-0.4, -0.2) is 28.7 Å². The Bertz CT molecular complexity index is 220. The van der Waals surface area contributed by atoms with Gasteiger partial charge in [0.25, 0.3) is 0 Å². The normalized spacial score (nSPS) is 32.1. The molecule has 1 rings (SSSR count). The molecule has 1 aliphatic carbocycles. The maximum Gasteiger partial charge on any atom is 0.183 e. The summed E-state index contributed by atoms with van der Waals surface area (Å²) in [6, 6.07) is 0. The number of hydrogen-bond donors (Lipinski definition) is 2. The Hall–Kier alpha value is -0.120. The van der Waals surface area contributed by atoms with Crippen molar-refractivity contribution in [1.82, 2.24) is 0 Å². The van der Waals surface area contributed by atoms with Gasteiger partial charge in [-0.15, -0.1) is 0 Å². The van der Waals surface area contributed by atoms with Gasteiger partial charge >= 0.3 is 0 Å². The van der Waals surface area contributed by atoms with Crippen molar-refractivity contribution in [2.24, 2.45) is 11.3 Å². The Morgan fingerprint density at radius 2 is 2.06 bits per heavy atom. The summed E-state index contributed by atoms with van der Waals surface area (Å²) < 4.78 is 5.59. The van der Waals surface area contributed by atoms with Gasteiger partial charge < -0.3 is 14.9 Å². The Balaban J connectivity index is 2.45. The molecule has 2 unspecified atom stereocenters. The summed E-state index contributed by atoms with van der Waals surface area (Å²) in [5, 5.41) is 18.4. The lowest BCUT2D eigenvalue weighted by atomic mass is 9.67. The van der Waals surface area contributed by atoms with Gasteiger partial charge in [0.2, 0.25) is 0 Å². The van der Waals surface area contributed by atoms with Gasteiger partial charge in [-0.2, -0.15) is 0 Å². The van der Waals surface area contributed by atoms with Crippen LogP contribution in [0.25, 0.3) is 0 Å². The molecule has 0 aromatic heterocycles. The SMILES string of the molecule is CC(C)C1(C)CCCC(OCC(C)(O)O)C1. The smallest absolute Gasteiger partial charge is 0.183 e. The van der Waals surface area contributed by atoms with Crippen LogP contribution >= 0.6 is 0 Å². The molecule has 2 atom stereocenters. The van der Waals surface area contributed by atoms with Crippen LogP contribution in [0.1, 0.15) is 53.4 Å². The first-order valence-corrected chi connectivity index (χ1v) is 6.29. The van der Waals surface area contributed by atoms with Gasteiger partial charge in [-0.1, -0.05) is 27.2 Å². The number of rotatable bonds is 4. The van der Waals surface area contributed by atoms with Crippen molar-refractivity contribution in [1.29, 1.82) is 0 Å². The van der Waals surface area contributed by atoms with Gasteiger partial charge in [0.05, 0.1) is 6.10 Å². The maximum absolute atomic E-state index is 9.22. The summed E-state index contributed by atoms with van der Waals surface area (Å²) in [6.45, 7) is 8.18. The summed E-state index contributed by atoms with van der Waals surface area (Å²) in [5.41, 5.74) is 0.338. The molecule has 0 bridgehead atoms. The first kappa shape index (κ1) is 13.9. The minimum atomic E-state index is -1.70. The van der Waals surface area contributed by atoms with Crippen LogP contribution in [-0.2, 0) is 4.74 Å². The van der Waals surface area contributed by atoms with Crippen LogP contribution in [0.3, 0.4) is 0 Å². The molecular formula is C13H26O3. The van der Waals surface area contributed by atoms with E-state index in [-0.39, 0.29) is 12.7 Å². The van der Waals surface area contributed by atoms with Crippen LogP contribution in [0, 0.1) is 11.3 Å². The minimum Gasteiger partial charge on any atom is -0.373 e. The van der Waals surface area contributed by atoms with Gasteiger partial charge in [-0.3, -0.25) is 0 Å². The maximum atomic E-state index is 9.22. The van der Waals surface area contributed by atoms with Crippen molar-refractivity contribution in [2.45, 2.75) is 65.3 Å². The zero-order valence-electron chi connectivity index (χ0n) is 11.0. The second kappa shape index (κ2) is 5.03. The van der Waals surface area contributed by atoms with Crippen molar-refractivity contribution in [3.63, 3.8) is 0 Å². The van der Waals surface area contributed by atoms with Gasteiger partial charge in [0.1, 0.15) is 6.61 Å². The lowest BCUT2D eigenvalue weighted by Crippen LogP contribution is -2.38. The van der Waals surface area contributed by atoms with Gasteiger partial charge in [0.15, 0.2) is 5.79 Å². The molecule has 2 N–H and O–H groups in total. The van der Waals surface area contributed by atoms with Gasteiger partial charge in [-0.05, 0) is 37.5 Å². The topological polar surface area (TPSA) is 49.7 Å². The fourth-order valence-corrected chi connectivity index (χ4v) is 2.40. The predicted molar refractivity (Wildman–Crippen MR) is 64.0 cm³/mol. The molecular weight excluding hydrogens is 204 g/mol. The molecule has 3 nitrogen and oxygen atoms in total. The first-order chi connectivity index (χ1) is 7.23. The Labute approximate surface area is 98.8 Å². The van der Waals surface area contributed by atoms with Crippen molar-refractivity contribution in [3.8, 4) is 0 Å². The standard InChI is InChI=1S/C13H26O3/c1-10(2)12(3)7-5-6-11(8-12)16-9-13(4,14)15/h10-11,14-15H,5-9H2,1-4H3. The molecule has 3 heteroatoms. The van der Waals surface area contributed by atoms with Gasteiger partial charge in [0, 0.05) is 0 Å². The quantitative estimate of drug-likeness (QED) is 0.729. The highest BCUT2D eigenvalue weighted by atomic mass is 16.6. The molecule has 0 aliphatic heterocycles. The summed E-state index contributed by atoms with van der Waals surface area (Å²) in [6.07, 6.45) is 4.67. The van der Waals surface area contributed by atoms with E-state index in [1.54, 1.807) is 0 Å². The monoisotopic (exact) mass is 230 g/mol. The highest BCUT2D eigenvalue weighted by molar-refractivity contribution is 4.86. The Morgan fingerprint density at radius 3 is 2.56 bits per heavy atom. The fourth-order valence-electron chi connectivity index (χ4n) is 2.40. The van der Waals surface area contributed by atoms with E-state index in [0.29, 0.717) is 11.3 Å². The van der Waals surface area contributed by atoms with E-state index in [0.717, 1.165) is 12.8 Å². The minimum absolute atomic E-state index is 0.00580. The zero-order valence-corrected chi connectivity index (χ0v) is 11.0. The number of ether oxygens (including phenoxy) is 1. The zero-order chi connectivity index (χ0) is 12.4. The largest absolute Gasteiger partial charge is 0.373 e. The van der Waals surface area contributed by atoms with E-state index >= 15 is 0 Å². The number of aliphatic hydroxyl groups is 2. The van der Waals surface area contributed by atoms with E-state index in [1.807, 2.05) is 0 Å². The molecule has 0 radical (unpaired) electrons. The fraction of sp³-hybridized carbons (Fsp3) is 1.00. The van der Waals surface area contributed by atoms with Crippen LogP contribution in [0.2, 0.25) is 0 Å². The molecule has 96 valence electrons. The molecule has 0 spiro atoms. The summed E-state index contributed by atoms with van der Waals surface area (Å²) in [4.78, 5) is 0. The second-order valence-electron chi connectivity index (χ2n) is 6.06. The van der Waals surface area contributed by atoms with Crippen molar-refractivity contribution >= 4 is 0 Å². The molecule has 0 aromatic rings. The van der Waals surface area contributed by atoms with E-state index < -0.39 is 5.79 Å². The highest BCUT2D eigenvalue weighted by Gasteiger charge is 2.35. The van der Waals surface area contributed by atoms with E-state index in [9.17, 15) is 10.2 Å². The van der Waals surface area contributed by atoms with Crippen LogP contribution in [0.15, 0.2) is 0 Å². The molecule has 0 aromatic carbocycles. The third-order valence-electron chi connectivity index (χ3n) is 3.95. The summed E-state index contributed by atoms with van der Waals surface area (Å²) in [5.74, 6) is -1.06. The molecule has 1 fully saturated rings. The average Bonchev–Trinajstić information content (AvgIpc) is 2.14. The number of hydrogen-bond acceptors (Lipinski definition) is 3. The molecule has 0 amide bonds. The molecule has 1 aliphatic rings. The molecule has 16 heavy (non-hydrogen) atoms. The lowest BCUT2D eigenvalue weighted by Gasteiger charge is -2.41. The molecule has 0 heterocycles. The lowest BCUT2D eigenvalue weighted by molar-refractivity contribution is -0.199. The van der Waals surface area contributed by atoms with Crippen LogP contribution in [0.4, 0.5) is 0 Å². The van der Waals surface area contributed by atoms with Crippen molar-refractivity contribution in [3.05, 3.63) is 0 Å². The van der Waals surface area contributed by atoms with E-state index in [1.165, 1.54) is 19.8 Å². The highest BCUT2D eigenvalue weighted by Crippen LogP contribution is 2.42. The van der Waals surface area contributed by atoms with Gasteiger partial charge in [-0.25, -0.2) is 0 Å². The van der Waals surface area contributed by atoms with Crippen molar-refractivity contribution < 1.29 is 14.9 Å². The van der Waals surface area contributed by atoms with Crippen LogP contribution < -0.4 is 0 Å². The van der Waals surface area contributed by atoms with E-state index in [4.69, 9.17) is 4.74 Å². The third-order valence-corrected chi connectivity index (χ3v) is 3.95. The first-order valence-electron chi connectivity index (χ1n) is 6.29. The Morgan fingerprint density at radius 1 is 1.44 bits per heavy atom. The molecule has 0 saturated heterocycles. The summed E-state index contributed by atoms with van der Waals surface area (Å²) >= 11 is 0. The second-order valence-corrected chi connectivity index (χ2v) is 6.06. The Kier molecular flexibility index (Phi) is 4.38.